The van der Waals surface area contributed by atoms with Crippen LogP contribution in [0, 0.1) is 6.92 Å². The Labute approximate surface area is 147 Å². The van der Waals surface area contributed by atoms with Crippen LogP contribution in [0.2, 0.25) is 0 Å². The minimum Gasteiger partial charge on any atom is -0.496 e. The third-order valence-corrected chi connectivity index (χ3v) is 4.92. The highest BCUT2D eigenvalue weighted by Gasteiger charge is 2.25. The summed E-state index contributed by atoms with van der Waals surface area (Å²) >= 11 is 0. The predicted octanol–water partition coefficient (Wildman–Crippen LogP) is 2.82. The molecule has 0 aliphatic carbocycles. The number of ether oxygens (including phenoxy) is 1. The maximum atomic E-state index is 5.50. The van der Waals surface area contributed by atoms with Gasteiger partial charge in [0.05, 0.1) is 12.8 Å². The average Bonchev–Trinajstić information content (AvgIpc) is 3.10. The van der Waals surface area contributed by atoms with Gasteiger partial charge < -0.3 is 4.74 Å². The van der Waals surface area contributed by atoms with Crippen LogP contribution < -0.4 is 4.74 Å². The molecule has 1 saturated heterocycles. The fourth-order valence-electron chi connectivity index (χ4n) is 3.76. The maximum absolute atomic E-state index is 5.50. The molecule has 0 radical (unpaired) electrons. The normalized spacial score (nSPS) is 18.6. The van der Waals surface area contributed by atoms with Crippen LogP contribution in [0.3, 0.4) is 0 Å². The quantitative estimate of drug-likeness (QED) is 0.733. The number of benzene rings is 1. The highest BCUT2D eigenvalue weighted by atomic mass is 16.5. The molecule has 0 spiro atoms. The van der Waals surface area contributed by atoms with Crippen LogP contribution in [0.15, 0.2) is 36.7 Å². The van der Waals surface area contributed by atoms with Crippen molar-refractivity contribution in [1.82, 2.24) is 24.5 Å². The Hall–Kier alpha value is -2.47. The molecule has 1 aliphatic heterocycles. The molecule has 0 saturated carbocycles. The lowest BCUT2D eigenvalue weighted by Gasteiger charge is -2.33. The Morgan fingerprint density at radius 2 is 2.16 bits per heavy atom. The first kappa shape index (κ1) is 16.0. The number of aromatic nitrogens is 4. The standard InChI is InChI=1S/C19H23N5O/c1-14-10-17(24-19(22-14)20-13-21-24)15-7-5-9-23(11-15)12-16-6-3-4-8-18(16)25-2/h3-4,6,8,10,13,15H,5,7,9,11-12H2,1-2H3. The number of likely N-dealkylation sites (tertiary alicyclic amines) is 1. The van der Waals surface area contributed by atoms with Gasteiger partial charge in [0.1, 0.15) is 12.1 Å². The highest BCUT2D eigenvalue weighted by Crippen LogP contribution is 2.29. The molecule has 2 aromatic heterocycles. The summed E-state index contributed by atoms with van der Waals surface area (Å²) in [5, 5.41) is 4.38. The molecule has 1 fully saturated rings. The Morgan fingerprint density at radius 3 is 3.04 bits per heavy atom. The molecule has 0 N–H and O–H groups in total. The molecule has 1 unspecified atom stereocenters. The highest BCUT2D eigenvalue weighted by molar-refractivity contribution is 5.34. The Morgan fingerprint density at radius 1 is 1.28 bits per heavy atom. The zero-order chi connectivity index (χ0) is 17.2. The lowest BCUT2D eigenvalue weighted by atomic mass is 9.93. The van der Waals surface area contributed by atoms with Crippen LogP contribution in [0.1, 0.15) is 35.7 Å². The van der Waals surface area contributed by atoms with Gasteiger partial charge in [0.15, 0.2) is 0 Å². The van der Waals surface area contributed by atoms with Gasteiger partial charge in [-0.15, -0.1) is 0 Å². The van der Waals surface area contributed by atoms with Crippen LogP contribution >= 0.6 is 0 Å². The van der Waals surface area contributed by atoms with Gasteiger partial charge in [-0.25, -0.2) is 9.50 Å². The number of hydrogen-bond donors (Lipinski definition) is 0. The van der Waals surface area contributed by atoms with Gasteiger partial charge in [0, 0.05) is 30.3 Å². The van der Waals surface area contributed by atoms with Gasteiger partial charge >= 0.3 is 0 Å². The second-order valence-electron chi connectivity index (χ2n) is 6.68. The first-order valence-corrected chi connectivity index (χ1v) is 8.76. The molecule has 0 amide bonds. The molecule has 3 aromatic rings. The molecule has 130 valence electrons. The van der Waals surface area contributed by atoms with E-state index in [2.05, 4.69) is 38.2 Å². The van der Waals surface area contributed by atoms with Crippen LogP contribution in [0.25, 0.3) is 5.78 Å². The van der Waals surface area contributed by atoms with Crippen molar-refractivity contribution < 1.29 is 4.74 Å². The van der Waals surface area contributed by atoms with E-state index < -0.39 is 0 Å². The Bertz CT molecular complexity index is 875. The molecule has 1 aromatic carbocycles. The Balaban J connectivity index is 1.57. The molecule has 0 bridgehead atoms. The van der Waals surface area contributed by atoms with Gasteiger partial charge in [-0.3, -0.25) is 4.90 Å². The number of para-hydroxylation sites is 1. The minimum absolute atomic E-state index is 0.439. The van der Waals surface area contributed by atoms with E-state index in [9.17, 15) is 0 Å². The van der Waals surface area contributed by atoms with Crippen molar-refractivity contribution in [2.45, 2.75) is 32.2 Å². The largest absolute Gasteiger partial charge is 0.496 e. The van der Waals surface area contributed by atoms with Gasteiger partial charge in [-0.1, -0.05) is 18.2 Å². The van der Waals surface area contributed by atoms with Gasteiger partial charge in [-0.05, 0) is 38.4 Å². The summed E-state index contributed by atoms with van der Waals surface area (Å²) in [6.45, 7) is 5.05. The zero-order valence-electron chi connectivity index (χ0n) is 14.7. The number of piperidine rings is 1. The lowest BCUT2D eigenvalue weighted by molar-refractivity contribution is 0.195. The van der Waals surface area contributed by atoms with Gasteiger partial charge in [0.25, 0.3) is 5.78 Å². The number of methoxy groups -OCH3 is 1. The second-order valence-corrected chi connectivity index (χ2v) is 6.68. The van der Waals surface area contributed by atoms with Crippen molar-refractivity contribution in [3.63, 3.8) is 0 Å². The molecule has 25 heavy (non-hydrogen) atoms. The van der Waals surface area contributed by atoms with E-state index in [4.69, 9.17) is 4.74 Å². The smallest absolute Gasteiger partial charge is 0.252 e. The van der Waals surface area contributed by atoms with E-state index in [-0.39, 0.29) is 0 Å². The summed E-state index contributed by atoms with van der Waals surface area (Å²) in [5.74, 6) is 2.09. The topological polar surface area (TPSA) is 55.5 Å². The second kappa shape index (κ2) is 6.80. The predicted molar refractivity (Wildman–Crippen MR) is 95.8 cm³/mol. The SMILES string of the molecule is COc1ccccc1CN1CCCC(c2cc(C)nc3ncnn23)C1. The zero-order valence-corrected chi connectivity index (χ0v) is 14.7. The fourth-order valence-corrected chi connectivity index (χ4v) is 3.76. The lowest BCUT2D eigenvalue weighted by Crippen LogP contribution is -2.34. The molecule has 1 atom stereocenters. The number of aryl methyl sites for hydroxylation is 1. The first-order chi connectivity index (χ1) is 12.2. The molecule has 1 aliphatic rings. The van der Waals surface area contributed by atoms with Crippen molar-refractivity contribution in [2.75, 3.05) is 20.2 Å². The van der Waals surface area contributed by atoms with E-state index in [0.29, 0.717) is 11.7 Å². The molecular formula is C19H23N5O. The summed E-state index contributed by atoms with van der Waals surface area (Å²) in [5.41, 5.74) is 3.45. The van der Waals surface area contributed by atoms with E-state index in [1.54, 1.807) is 13.4 Å². The summed E-state index contributed by atoms with van der Waals surface area (Å²) in [6, 6.07) is 10.4. The van der Waals surface area contributed by atoms with Crippen molar-refractivity contribution in [2.24, 2.45) is 0 Å². The minimum atomic E-state index is 0.439. The third kappa shape index (κ3) is 3.22. The monoisotopic (exact) mass is 337 g/mol. The van der Waals surface area contributed by atoms with Crippen molar-refractivity contribution in [3.8, 4) is 5.75 Å². The van der Waals surface area contributed by atoms with Gasteiger partial charge in [-0.2, -0.15) is 10.1 Å². The van der Waals surface area contributed by atoms with Crippen molar-refractivity contribution in [3.05, 3.63) is 53.6 Å². The summed E-state index contributed by atoms with van der Waals surface area (Å²) < 4.78 is 7.40. The van der Waals surface area contributed by atoms with E-state index in [1.165, 1.54) is 24.1 Å². The molecule has 4 rings (SSSR count). The maximum Gasteiger partial charge on any atom is 0.252 e. The van der Waals surface area contributed by atoms with E-state index >= 15 is 0 Å². The number of fused-ring (bicyclic) bond motifs is 1. The number of nitrogens with zero attached hydrogens (tertiary/aromatic N) is 5. The van der Waals surface area contributed by atoms with Crippen LogP contribution in [0.4, 0.5) is 0 Å². The molecule has 6 nitrogen and oxygen atoms in total. The van der Waals surface area contributed by atoms with Crippen LogP contribution in [-0.4, -0.2) is 44.7 Å². The first-order valence-electron chi connectivity index (χ1n) is 8.76. The van der Waals surface area contributed by atoms with E-state index in [0.717, 1.165) is 31.1 Å². The van der Waals surface area contributed by atoms with Crippen molar-refractivity contribution >= 4 is 5.78 Å². The summed E-state index contributed by atoms with van der Waals surface area (Å²) in [4.78, 5) is 11.2. The van der Waals surface area contributed by atoms with Crippen molar-refractivity contribution in [1.29, 1.82) is 0 Å². The van der Waals surface area contributed by atoms with Gasteiger partial charge in [0.2, 0.25) is 0 Å². The van der Waals surface area contributed by atoms with Crippen LogP contribution in [-0.2, 0) is 6.54 Å². The number of rotatable bonds is 4. The van der Waals surface area contributed by atoms with E-state index in [1.807, 2.05) is 23.6 Å². The third-order valence-electron chi connectivity index (χ3n) is 4.92. The van der Waals surface area contributed by atoms with Crippen LogP contribution in [0.5, 0.6) is 5.75 Å². The average molecular weight is 337 g/mol. The fraction of sp³-hybridized carbons (Fsp3) is 0.421. The Kier molecular flexibility index (Phi) is 4.36. The molecule has 6 heteroatoms. The molecule has 3 heterocycles. The summed E-state index contributed by atoms with van der Waals surface area (Å²) in [7, 11) is 1.74. The summed E-state index contributed by atoms with van der Waals surface area (Å²) in [6.07, 6.45) is 3.93. The molecular weight excluding hydrogens is 314 g/mol. The number of hydrogen-bond acceptors (Lipinski definition) is 5.